The van der Waals surface area contributed by atoms with Crippen molar-refractivity contribution in [1.82, 2.24) is 15.5 Å². The van der Waals surface area contributed by atoms with Crippen LogP contribution in [0.25, 0.3) is 0 Å². The van der Waals surface area contributed by atoms with Gasteiger partial charge in [0.1, 0.15) is 0 Å². The number of carbonyl (C=O) groups excluding carboxylic acids is 3. The van der Waals surface area contributed by atoms with Gasteiger partial charge in [0.05, 0.1) is 11.3 Å². The minimum Gasteiger partial charge on any atom is -0.352 e. The highest BCUT2D eigenvalue weighted by Crippen LogP contribution is 2.22. The van der Waals surface area contributed by atoms with Crippen LogP contribution in [0.15, 0.2) is 54.6 Å². The average Bonchev–Trinajstić information content (AvgIpc) is 3.66. The molecule has 1 saturated heterocycles. The SMILES string of the molecule is O=C(CCN1CCC(C(=O)NCc2ccccc2)CC1)Nc1ccccc1C(=O)NC1CC1. The molecule has 4 rings (SSSR count). The lowest BCUT2D eigenvalue weighted by molar-refractivity contribution is -0.126. The quantitative estimate of drug-likeness (QED) is 0.550. The predicted molar refractivity (Wildman–Crippen MR) is 128 cm³/mol. The van der Waals surface area contributed by atoms with Gasteiger partial charge in [0, 0.05) is 31.5 Å². The van der Waals surface area contributed by atoms with Crippen LogP contribution < -0.4 is 16.0 Å². The van der Waals surface area contributed by atoms with Crippen molar-refractivity contribution in [2.45, 2.75) is 44.7 Å². The monoisotopic (exact) mass is 448 g/mol. The van der Waals surface area contributed by atoms with E-state index in [1.807, 2.05) is 36.4 Å². The fraction of sp³-hybridized carbons (Fsp3) is 0.423. The summed E-state index contributed by atoms with van der Waals surface area (Å²) in [5.74, 6) is -0.113. The number of para-hydroxylation sites is 1. The first kappa shape index (κ1) is 23.0. The average molecular weight is 449 g/mol. The van der Waals surface area contributed by atoms with Crippen LogP contribution in [0.4, 0.5) is 5.69 Å². The summed E-state index contributed by atoms with van der Waals surface area (Å²) in [5.41, 5.74) is 2.15. The molecule has 0 spiro atoms. The number of rotatable bonds is 9. The van der Waals surface area contributed by atoms with Crippen molar-refractivity contribution in [2.75, 3.05) is 25.0 Å². The summed E-state index contributed by atoms with van der Waals surface area (Å²) in [4.78, 5) is 39.6. The van der Waals surface area contributed by atoms with Gasteiger partial charge in [-0.3, -0.25) is 14.4 Å². The second kappa shape index (κ2) is 11.1. The normalized spacial score (nSPS) is 16.7. The molecule has 0 aromatic heterocycles. The molecule has 2 aromatic carbocycles. The second-order valence-corrected chi connectivity index (χ2v) is 8.91. The third kappa shape index (κ3) is 6.89. The summed E-state index contributed by atoms with van der Waals surface area (Å²) in [5, 5.41) is 8.90. The maximum Gasteiger partial charge on any atom is 0.253 e. The molecule has 174 valence electrons. The van der Waals surface area contributed by atoms with Crippen LogP contribution in [0.2, 0.25) is 0 Å². The van der Waals surface area contributed by atoms with Crippen LogP contribution in [-0.2, 0) is 16.1 Å². The lowest BCUT2D eigenvalue weighted by atomic mass is 9.95. The Hall–Kier alpha value is -3.19. The third-order valence-corrected chi connectivity index (χ3v) is 6.28. The van der Waals surface area contributed by atoms with E-state index in [4.69, 9.17) is 0 Å². The van der Waals surface area contributed by atoms with Gasteiger partial charge in [0.15, 0.2) is 0 Å². The van der Waals surface area contributed by atoms with Gasteiger partial charge in [-0.15, -0.1) is 0 Å². The Kier molecular flexibility index (Phi) is 7.73. The molecule has 33 heavy (non-hydrogen) atoms. The number of nitrogens with one attached hydrogen (secondary N) is 3. The van der Waals surface area contributed by atoms with Crippen LogP contribution in [0.5, 0.6) is 0 Å². The molecule has 3 amide bonds. The molecule has 2 fully saturated rings. The lowest BCUT2D eigenvalue weighted by Gasteiger charge is -2.31. The van der Waals surface area contributed by atoms with Crippen molar-refractivity contribution in [2.24, 2.45) is 5.92 Å². The van der Waals surface area contributed by atoms with E-state index in [2.05, 4.69) is 20.9 Å². The maximum atomic E-state index is 12.5. The van der Waals surface area contributed by atoms with Crippen molar-refractivity contribution in [1.29, 1.82) is 0 Å². The minimum atomic E-state index is -0.138. The van der Waals surface area contributed by atoms with E-state index in [1.165, 1.54) is 0 Å². The summed E-state index contributed by atoms with van der Waals surface area (Å²) in [6, 6.07) is 17.3. The molecular formula is C26H32N4O3. The Bertz CT molecular complexity index is 967. The molecule has 1 saturated carbocycles. The van der Waals surface area contributed by atoms with Crippen molar-refractivity contribution in [3.8, 4) is 0 Å². The van der Waals surface area contributed by atoms with E-state index in [9.17, 15) is 14.4 Å². The van der Waals surface area contributed by atoms with Gasteiger partial charge in [0.2, 0.25) is 11.8 Å². The van der Waals surface area contributed by atoms with E-state index >= 15 is 0 Å². The number of hydrogen-bond acceptors (Lipinski definition) is 4. The molecular weight excluding hydrogens is 416 g/mol. The molecule has 3 N–H and O–H groups in total. The van der Waals surface area contributed by atoms with Gasteiger partial charge in [-0.25, -0.2) is 0 Å². The van der Waals surface area contributed by atoms with E-state index in [0.717, 1.165) is 44.3 Å². The summed E-state index contributed by atoms with van der Waals surface area (Å²) in [7, 11) is 0. The number of amides is 3. The van der Waals surface area contributed by atoms with Gasteiger partial charge >= 0.3 is 0 Å². The van der Waals surface area contributed by atoms with Gasteiger partial charge in [0.25, 0.3) is 5.91 Å². The molecule has 1 aliphatic carbocycles. The summed E-state index contributed by atoms with van der Waals surface area (Å²) in [6.07, 6.45) is 3.99. The minimum absolute atomic E-state index is 0.0237. The van der Waals surface area contributed by atoms with Crippen molar-refractivity contribution in [3.63, 3.8) is 0 Å². The predicted octanol–water partition coefficient (Wildman–Crippen LogP) is 2.94. The summed E-state index contributed by atoms with van der Waals surface area (Å²) < 4.78 is 0. The zero-order valence-corrected chi connectivity index (χ0v) is 18.9. The van der Waals surface area contributed by atoms with E-state index in [-0.39, 0.29) is 29.7 Å². The number of benzene rings is 2. The van der Waals surface area contributed by atoms with Crippen LogP contribution in [-0.4, -0.2) is 48.3 Å². The first-order valence-electron chi connectivity index (χ1n) is 11.8. The number of nitrogens with zero attached hydrogens (tertiary/aromatic N) is 1. The largest absolute Gasteiger partial charge is 0.352 e. The molecule has 0 bridgehead atoms. The first-order chi connectivity index (χ1) is 16.1. The molecule has 2 aliphatic rings. The maximum absolute atomic E-state index is 12.5. The summed E-state index contributed by atoms with van der Waals surface area (Å²) in [6.45, 7) is 2.80. The number of likely N-dealkylation sites (tertiary alicyclic amines) is 1. The Labute approximate surface area is 194 Å². The van der Waals surface area contributed by atoms with Gasteiger partial charge < -0.3 is 20.9 Å². The third-order valence-electron chi connectivity index (χ3n) is 6.28. The van der Waals surface area contributed by atoms with Crippen molar-refractivity contribution >= 4 is 23.4 Å². The highest BCUT2D eigenvalue weighted by atomic mass is 16.2. The van der Waals surface area contributed by atoms with Crippen LogP contribution >= 0.6 is 0 Å². The standard InChI is InChI=1S/C26H32N4O3/c31-24(29-23-9-5-4-8-22(23)26(33)28-21-10-11-21)14-17-30-15-12-20(13-16-30)25(32)27-18-19-6-2-1-3-7-19/h1-9,20-21H,10-18H2,(H,27,32)(H,28,33)(H,29,31). The number of anilines is 1. The van der Waals surface area contributed by atoms with E-state index in [1.54, 1.807) is 18.2 Å². The first-order valence-corrected chi connectivity index (χ1v) is 11.8. The highest BCUT2D eigenvalue weighted by molar-refractivity contribution is 6.03. The number of hydrogen-bond donors (Lipinski definition) is 3. The zero-order chi connectivity index (χ0) is 23.0. The van der Waals surface area contributed by atoms with Gasteiger partial charge in [-0.05, 0) is 56.5 Å². The topological polar surface area (TPSA) is 90.5 Å². The Morgan fingerprint density at radius 3 is 2.30 bits per heavy atom. The van der Waals surface area contributed by atoms with Gasteiger partial charge in [-0.1, -0.05) is 42.5 Å². The molecule has 1 aliphatic heterocycles. The van der Waals surface area contributed by atoms with Crippen molar-refractivity contribution < 1.29 is 14.4 Å². The van der Waals surface area contributed by atoms with Crippen LogP contribution in [0.3, 0.4) is 0 Å². The molecule has 0 unspecified atom stereocenters. The van der Waals surface area contributed by atoms with Gasteiger partial charge in [-0.2, -0.15) is 0 Å². The zero-order valence-electron chi connectivity index (χ0n) is 18.9. The second-order valence-electron chi connectivity index (χ2n) is 8.91. The molecule has 1 heterocycles. The molecule has 2 aromatic rings. The number of carbonyl (C=O) groups is 3. The molecule has 7 heteroatoms. The Balaban J connectivity index is 1.17. The van der Waals surface area contributed by atoms with Crippen LogP contribution in [0, 0.1) is 5.92 Å². The smallest absolute Gasteiger partial charge is 0.253 e. The highest BCUT2D eigenvalue weighted by Gasteiger charge is 2.26. The van der Waals surface area contributed by atoms with Crippen LogP contribution in [0.1, 0.15) is 48.0 Å². The lowest BCUT2D eigenvalue weighted by Crippen LogP contribution is -2.41. The van der Waals surface area contributed by atoms with E-state index in [0.29, 0.717) is 30.8 Å². The number of piperidine rings is 1. The molecule has 0 atom stereocenters. The molecule has 7 nitrogen and oxygen atoms in total. The fourth-order valence-electron chi connectivity index (χ4n) is 4.10. The van der Waals surface area contributed by atoms with Crippen molar-refractivity contribution in [3.05, 3.63) is 65.7 Å². The van der Waals surface area contributed by atoms with E-state index < -0.39 is 0 Å². The Morgan fingerprint density at radius 1 is 0.879 bits per heavy atom. The molecule has 0 radical (unpaired) electrons. The summed E-state index contributed by atoms with van der Waals surface area (Å²) >= 11 is 0. The Morgan fingerprint density at radius 2 is 1.58 bits per heavy atom. The fourth-order valence-corrected chi connectivity index (χ4v) is 4.10.